The number of hydrogen-bond donors (Lipinski definition) is 1. The van der Waals surface area contributed by atoms with E-state index in [1.54, 1.807) is 0 Å². The molecule has 1 aliphatic carbocycles. The summed E-state index contributed by atoms with van der Waals surface area (Å²) in [4.78, 5) is 0. The van der Waals surface area contributed by atoms with E-state index in [1.165, 1.54) is 6.42 Å². The number of rotatable bonds is 6. The molecule has 20 heavy (non-hydrogen) atoms. The SMILES string of the molecule is CCNC(CS(=O)(=O)C1CCCC(C)C1)C1CCOC1. The molecule has 1 heterocycles. The third-order valence-electron chi connectivity index (χ3n) is 4.81. The topological polar surface area (TPSA) is 55.4 Å². The van der Waals surface area contributed by atoms with Gasteiger partial charge >= 0.3 is 0 Å². The Bertz CT molecular complexity index is 390. The van der Waals surface area contributed by atoms with Gasteiger partial charge in [0.2, 0.25) is 0 Å². The summed E-state index contributed by atoms with van der Waals surface area (Å²) in [7, 11) is -2.99. The third-order valence-corrected chi connectivity index (χ3v) is 7.08. The van der Waals surface area contributed by atoms with Crippen molar-refractivity contribution in [2.45, 2.75) is 57.2 Å². The van der Waals surface area contributed by atoms with Crippen molar-refractivity contribution in [2.75, 3.05) is 25.5 Å². The number of hydrogen-bond acceptors (Lipinski definition) is 4. The van der Waals surface area contributed by atoms with Crippen LogP contribution in [0.4, 0.5) is 0 Å². The van der Waals surface area contributed by atoms with Gasteiger partial charge in [0.15, 0.2) is 9.84 Å². The standard InChI is InChI=1S/C15H29NO3S/c1-3-16-15(13-7-8-19-10-13)11-20(17,18)14-6-4-5-12(2)9-14/h12-16H,3-11H2,1-2H3. The molecular formula is C15H29NO3S. The average molecular weight is 303 g/mol. The lowest BCUT2D eigenvalue weighted by Gasteiger charge is -2.30. The zero-order valence-electron chi connectivity index (χ0n) is 12.8. The van der Waals surface area contributed by atoms with E-state index in [-0.39, 0.29) is 17.0 Å². The lowest BCUT2D eigenvalue weighted by atomic mass is 9.91. The van der Waals surface area contributed by atoms with Crippen molar-refractivity contribution >= 4 is 9.84 Å². The first kappa shape index (κ1) is 16.2. The molecule has 0 spiro atoms. The molecule has 0 bridgehead atoms. The van der Waals surface area contributed by atoms with Crippen LogP contribution in [0.15, 0.2) is 0 Å². The molecule has 2 rings (SSSR count). The predicted octanol–water partition coefficient (Wildman–Crippen LogP) is 1.99. The Morgan fingerprint density at radius 3 is 2.70 bits per heavy atom. The maximum Gasteiger partial charge on any atom is 0.154 e. The number of ether oxygens (including phenoxy) is 1. The summed E-state index contributed by atoms with van der Waals surface area (Å²) in [6.45, 7) is 6.51. The highest BCUT2D eigenvalue weighted by Crippen LogP contribution is 2.30. The van der Waals surface area contributed by atoms with Crippen LogP contribution in [0.1, 0.15) is 46.0 Å². The Balaban J connectivity index is 1.99. The molecule has 118 valence electrons. The van der Waals surface area contributed by atoms with Gasteiger partial charge in [-0.05, 0) is 31.7 Å². The summed E-state index contributed by atoms with van der Waals surface area (Å²) in [6, 6.07) is 0.0599. The molecule has 2 aliphatic rings. The molecule has 0 radical (unpaired) electrons. The van der Waals surface area contributed by atoms with Crippen LogP contribution in [-0.4, -0.2) is 45.2 Å². The minimum absolute atomic E-state index is 0.0599. The highest BCUT2D eigenvalue weighted by molar-refractivity contribution is 7.92. The van der Waals surface area contributed by atoms with E-state index in [4.69, 9.17) is 4.74 Å². The summed E-state index contributed by atoms with van der Waals surface area (Å²) in [5.41, 5.74) is 0. The molecule has 2 fully saturated rings. The van der Waals surface area contributed by atoms with Gasteiger partial charge in [0.1, 0.15) is 0 Å². The van der Waals surface area contributed by atoms with Crippen molar-refractivity contribution in [1.29, 1.82) is 0 Å². The van der Waals surface area contributed by atoms with E-state index in [1.807, 2.05) is 6.92 Å². The molecule has 0 aromatic carbocycles. The van der Waals surface area contributed by atoms with Crippen LogP contribution in [0.5, 0.6) is 0 Å². The molecule has 5 heteroatoms. The molecule has 4 atom stereocenters. The molecule has 4 unspecified atom stereocenters. The monoisotopic (exact) mass is 303 g/mol. The van der Waals surface area contributed by atoms with Crippen LogP contribution < -0.4 is 5.32 Å². The van der Waals surface area contributed by atoms with Gasteiger partial charge in [-0.1, -0.05) is 26.7 Å². The van der Waals surface area contributed by atoms with E-state index in [9.17, 15) is 8.42 Å². The Kier molecular flexibility index (Phi) is 5.87. The molecule has 0 amide bonds. The second-order valence-electron chi connectivity index (χ2n) is 6.51. The first-order valence-electron chi connectivity index (χ1n) is 8.05. The van der Waals surface area contributed by atoms with Crippen LogP contribution in [0.25, 0.3) is 0 Å². The van der Waals surface area contributed by atoms with Crippen LogP contribution in [-0.2, 0) is 14.6 Å². The van der Waals surface area contributed by atoms with E-state index in [2.05, 4.69) is 12.2 Å². The molecule has 1 N–H and O–H groups in total. The second kappa shape index (κ2) is 7.23. The maximum absolute atomic E-state index is 12.7. The van der Waals surface area contributed by atoms with Gasteiger partial charge in [-0.25, -0.2) is 8.42 Å². The summed E-state index contributed by atoms with van der Waals surface area (Å²) >= 11 is 0. The summed E-state index contributed by atoms with van der Waals surface area (Å²) in [5, 5.41) is 3.26. The van der Waals surface area contributed by atoms with Crippen LogP contribution in [0.3, 0.4) is 0 Å². The minimum atomic E-state index is -2.99. The lowest BCUT2D eigenvalue weighted by molar-refractivity contribution is 0.179. The number of nitrogens with one attached hydrogen (secondary N) is 1. The smallest absolute Gasteiger partial charge is 0.154 e. The summed E-state index contributed by atoms with van der Waals surface area (Å²) in [5.74, 6) is 1.19. The summed E-state index contributed by atoms with van der Waals surface area (Å²) < 4.78 is 30.8. The molecule has 4 nitrogen and oxygen atoms in total. The molecule has 1 saturated heterocycles. The second-order valence-corrected chi connectivity index (χ2v) is 8.84. The zero-order valence-corrected chi connectivity index (χ0v) is 13.6. The highest BCUT2D eigenvalue weighted by atomic mass is 32.2. The molecule has 1 saturated carbocycles. The van der Waals surface area contributed by atoms with Crippen molar-refractivity contribution in [2.24, 2.45) is 11.8 Å². The van der Waals surface area contributed by atoms with Crippen LogP contribution in [0, 0.1) is 11.8 Å². The third kappa shape index (κ3) is 4.18. The van der Waals surface area contributed by atoms with E-state index in [0.29, 0.717) is 18.4 Å². The first-order chi connectivity index (χ1) is 9.53. The Morgan fingerprint density at radius 1 is 1.30 bits per heavy atom. The Labute approximate surface area is 123 Å². The Hall–Kier alpha value is -0.130. The first-order valence-corrected chi connectivity index (χ1v) is 9.77. The van der Waals surface area contributed by atoms with Gasteiger partial charge < -0.3 is 10.1 Å². The number of sulfone groups is 1. The van der Waals surface area contributed by atoms with Crippen LogP contribution in [0.2, 0.25) is 0 Å². The zero-order chi connectivity index (χ0) is 14.6. The van der Waals surface area contributed by atoms with Gasteiger partial charge in [-0.3, -0.25) is 0 Å². The van der Waals surface area contributed by atoms with Gasteiger partial charge in [-0.2, -0.15) is 0 Å². The predicted molar refractivity (Wildman–Crippen MR) is 81.6 cm³/mol. The van der Waals surface area contributed by atoms with E-state index in [0.717, 1.165) is 38.8 Å². The van der Waals surface area contributed by atoms with Crippen molar-refractivity contribution in [3.63, 3.8) is 0 Å². The van der Waals surface area contributed by atoms with Crippen molar-refractivity contribution in [3.05, 3.63) is 0 Å². The molecule has 0 aromatic heterocycles. The van der Waals surface area contributed by atoms with E-state index < -0.39 is 9.84 Å². The van der Waals surface area contributed by atoms with Crippen molar-refractivity contribution in [1.82, 2.24) is 5.32 Å². The maximum atomic E-state index is 12.7. The minimum Gasteiger partial charge on any atom is -0.381 e. The van der Waals surface area contributed by atoms with E-state index >= 15 is 0 Å². The molecule has 1 aliphatic heterocycles. The lowest BCUT2D eigenvalue weighted by Crippen LogP contribution is -2.44. The van der Waals surface area contributed by atoms with Gasteiger partial charge in [0.25, 0.3) is 0 Å². The summed E-state index contributed by atoms with van der Waals surface area (Å²) in [6.07, 6.45) is 4.92. The molecular weight excluding hydrogens is 274 g/mol. The largest absolute Gasteiger partial charge is 0.381 e. The van der Waals surface area contributed by atoms with Crippen molar-refractivity contribution < 1.29 is 13.2 Å². The highest BCUT2D eigenvalue weighted by Gasteiger charge is 2.35. The molecule has 0 aromatic rings. The van der Waals surface area contributed by atoms with Crippen LogP contribution >= 0.6 is 0 Å². The van der Waals surface area contributed by atoms with Gasteiger partial charge in [-0.15, -0.1) is 0 Å². The normalized spacial score (nSPS) is 33.2. The fourth-order valence-corrected chi connectivity index (χ4v) is 5.90. The Morgan fingerprint density at radius 2 is 2.10 bits per heavy atom. The fraction of sp³-hybridized carbons (Fsp3) is 1.00. The quantitative estimate of drug-likeness (QED) is 0.815. The van der Waals surface area contributed by atoms with Gasteiger partial charge in [0, 0.05) is 18.6 Å². The average Bonchev–Trinajstić information content (AvgIpc) is 2.92. The van der Waals surface area contributed by atoms with Gasteiger partial charge in [0.05, 0.1) is 17.6 Å². The van der Waals surface area contributed by atoms with Crippen molar-refractivity contribution in [3.8, 4) is 0 Å². The fourth-order valence-electron chi connectivity index (χ4n) is 3.58.